The Labute approximate surface area is 108 Å². The molecule has 4 nitrogen and oxygen atoms in total. The maximum absolute atomic E-state index is 11.5. The topological polar surface area (TPSA) is 55.7 Å². The molecule has 1 saturated heterocycles. The summed E-state index contributed by atoms with van der Waals surface area (Å²) in [6.07, 6.45) is 2.34. The Bertz CT molecular complexity index is 548. The molecule has 1 aliphatic heterocycles. The number of methoxy groups -OCH3 is 1. The number of rotatable bonds is 3. The van der Waals surface area contributed by atoms with E-state index in [0.29, 0.717) is 6.42 Å². The Hall–Kier alpha value is -1.36. The van der Waals surface area contributed by atoms with Crippen LogP contribution in [-0.2, 0) is 9.84 Å². The first-order valence-corrected chi connectivity index (χ1v) is 7.64. The second-order valence-corrected chi connectivity index (χ2v) is 7.05. The van der Waals surface area contributed by atoms with Gasteiger partial charge in [-0.3, -0.25) is 4.99 Å². The molecule has 1 heterocycles. The Kier molecular flexibility index (Phi) is 3.43. The molecule has 0 spiro atoms. The first-order valence-electron chi connectivity index (χ1n) is 5.82. The lowest BCUT2D eigenvalue weighted by molar-refractivity contribution is 0.415. The van der Waals surface area contributed by atoms with E-state index in [1.165, 1.54) is 0 Å². The van der Waals surface area contributed by atoms with Gasteiger partial charge in [0.05, 0.1) is 24.2 Å². The summed E-state index contributed by atoms with van der Waals surface area (Å²) in [6.45, 7) is 1.89. The summed E-state index contributed by atoms with van der Waals surface area (Å²) in [6, 6.07) is 7.51. The van der Waals surface area contributed by atoms with Gasteiger partial charge in [-0.15, -0.1) is 0 Å². The quantitative estimate of drug-likeness (QED) is 0.783. The Balaban J connectivity index is 2.11. The highest BCUT2D eigenvalue weighted by Gasteiger charge is 2.37. The summed E-state index contributed by atoms with van der Waals surface area (Å²) in [5.74, 6) is 1.18. The molecule has 1 aromatic carbocycles. The summed E-state index contributed by atoms with van der Waals surface area (Å²) in [7, 11) is -1.28. The third-order valence-corrected chi connectivity index (χ3v) is 5.01. The van der Waals surface area contributed by atoms with Crippen molar-refractivity contribution in [2.75, 3.05) is 18.6 Å². The Morgan fingerprint density at radius 3 is 2.50 bits per heavy atom. The van der Waals surface area contributed by atoms with Crippen LogP contribution in [0.5, 0.6) is 5.75 Å². The average Bonchev–Trinajstić information content (AvgIpc) is 2.62. The van der Waals surface area contributed by atoms with Crippen LogP contribution in [-0.4, -0.2) is 38.8 Å². The van der Waals surface area contributed by atoms with Crippen LogP contribution in [0, 0.1) is 0 Å². The van der Waals surface area contributed by atoms with Crippen molar-refractivity contribution in [1.82, 2.24) is 0 Å². The number of benzene rings is 1. The summed E-state index contributed by atoms with van der Waals surface area (Å²) in [4.78, 5) is 4.43. The van der Waals surface area contributed by atoms with Gasteiger partial charge in [0.2, 0.25) is 0 Å². The molecule has 1 unspecified atom stereocenters. The molecule has 1 fully saturated rings. The zero-order valence-electron chi connectivity index (χ0n) is 10.6. The van der Waals surface area contributed by atoms with Gasteiger partial charge in [-0.1, -0.05) is 0 Å². The van der Waals surface area contributed by atoms with Crippen LogP contribution in [0.3, 0.4) is 0 Å². The van der Waals surface area contributed by atoms with E-state index < -0.39 is 15.4 Å². The van der Waals surface area contributed by atoms with E-state index >= 15 is 0 Å². The van der Waals surface area contributed by atoms with Crippen molar-refractivity contribution in [3.63, 3.8) is 0 Å². The predicted molar refractivity (Wildman–Crippen MR) is 72.3 cm³/mol. The molecule has 1 aromatic rings. The standard InChI is InChI=1S/C13H17NO3S/c1-13(7-8-18(15,16)10-13)14-9-11-3-5-12(17-2)6-4-11/h3-6,9H,7-8,10H2,1-2H3. The molecule has 0 amide bonds. The van der Waals surface area contributed by atoms with Crippen LogP contribution in [0.1, 0.15) is 18.9 Å². The molecule has 0 bridgehead atoms. The van der Waals surface area contributed by atoms with Crippen LogP contribution in [0.4, 0.5) is 0 Å². The van der Waals surface area contributed by atoms with Crippen LogP contribution in [0.2, 0.25) is 0 Å². The maximum atomic E-state index is 11.5. The number of sulfone groups is 1. The first kappa shape index (κ1) is 13.1. The van der Waals surface area contributed by atoms with E-state index in [4.69, 9.17) is 4.74 Å². The van der Waals surface area contributed by atoms with Gasteiger partial charge in [0, 0.05) is 6.21 Å². The fourth-order valence-corrected chi connectivity index (χ4v) is 4.08. The van der Waals surface area contributed by atoms with Gasteiger partial charge in [0.25, 0.3) is 0 Å². The summed E-state index contributed by atoms with van der Waals surface area (Å²) in [5, 5.41) is 0. The van der Waals surface area contributed by atoms with Gasteiger partial charge in [-0.05, 0) is 43.2 Å². The Morgan fingerprint density at radius 2 is 2.00 bits per heavy atom. The average molecular weight is 267 g/mol. The van der Waals surface area contributed by atoms with Gasteiger partial charge in [0.1, 0.15) is 5.75 Å². The van der Waals surface area contributed by atoms with Gasteiger partial charge >= 0.3 is 0 Å². The minimum Gasteiger partial charge on any atom is -0.497 e. The highest BCUT2D eigenvalue weighted by atomic mass is 32.2. The molecule has 0 aromatic heterocycles. The lowest BCUT2D eigenvalue weighted by Gasteiger charge is -2.15. The van der Waals surface area contributed by atoms with Crippen molar-refractivity contribution in [3.8, 4) is 5.75 Å². The summed E-state index contributed by atoms with van der Waals surface area (Å²) in [5.41, 5.74) is 0.472. The second-order valence-electron chi connectivity index (χ2n) is 4.87. The lowest BCUT2D eigenvalue weighted by Crippen LogP contribution is -2.23. The van der Waals surface area contributed by atoms with Crippen LogP contribution in [0.25, 0.3) is 0 Å². The molecule has 98 valence electrons. The van der Waals surface area contributed by atoms with E-state index in [1.807, 2.05) is 31.2 Å². The molecule has 18 heavy (non-hydrogen) atoms. The smallest absolute Gasteiger partial charge is 0.152 e. The van der Waals surface area contributed by atoms with Gasteiger partial charge in [0.15, 0.2) is 9.84 Å². The molecule has 0 saturated carbocycles. The zero-order chi connectivity index (χ0) is 13.2. The SMILES string of the molecule is COc1ccc(C=NC2(C)CCS(=O)(=O)C2)cc1. The number of hydrogen-bond acceptors (Lipinski definition) is 4. The fourth-order valence-electron chi connectivity index (χ4n) is 2.02. The number of ether oxygens (including phenoxy) is 1. The second kappa shape index (κ2) is 4.72. The van der Waals surface area contributed by atoms with Crippen LogP contribution < -0.4 is 4.74 Å². The van der Waals surface area contributed by atoms with Gasteiger partial charge in [-0.2, -0.15) is 0 Å². The van der Waals surface area contributed by atoms with E-state index in [9.17, 15) is 8.42 Å². The molecule has 1 atom stereocenters. The Morgan fingerprint density at radius 1 is 1.33 bits per heavy atom. The highest BCUT2D eigenvalue weighted by Crippen LogP contribution is 2.26. The molecule has 0 aliphatic carbocycles. The van der Waals surface area contributed by atoms with Crippen molar-refractivity contribution in [3.05, 3.63) is 29.8 Å². The van der Waals surface area contributed by atoms with Crippen LogP contribution in [0.15, 0.2) is 29.3 Å². The van der Waals surface area contributed by atoms with Crippen molar-refractivity contribution >= 4 is 16.1 Å². The highest BCUT2D eigenvalue weighted by molar-refractivity contribution is 7.91. The van der Waals surface area contributed by atoms with Crippen molar-refractivity contribution < 1.29 is 13.2 Å². The number of nitrogens with zero attached hydrogens (tertiary/aromatic N) is 1. The van der Waals surface area contributed by atoms with E-state index in [2.05, 4.69) is 4.99 Å². The first-order chi connectivity index (χ1) is 8.42. The summed E-state index contributed by atoms with van der Waals surface area (Å²) < 4.78 is 28.0. The number of hydrogen-bond donors (Lipinski definition) is 0. The zero-order valence-corrected chi connectivity index (χ0v) is 11.4. The van der Waals surface area contributed by atoms with Crippen molar-refractivity contribution in [2.24, 2.45) is 4.99 Å². The normalized spacial score (nSPS) is 26.6. The van der Waals surface area contributed by atoms with Crippen LogP contribution >= 0.6 is 0 Å². The molecular weight excluding hydrogens is 250 g/mol. The predicted octanol–water partition coefficient (Wildman–Crippen LogP) is 1.69. The maximum Gasteiger partial charge on any atom is 0.152 e. The fraction of sp³-hybridized carbons (Fsp3) is 0.462. The monoisotopic (exact) mass is 267 g/mol. The molecule has 2 rings (SSSR count). The lowest BCUT2D eigenvalue weighted by atomic mass is 10.0. The van der Waals surface area contributed by atoms with Crippen molar-refractivity contribution in [2.45, 2.75) is 18.9 Å². The molecule has 1 aliphatic rings. The van der Waals surface area contributed by atoms with E-state index in [1.54, 1.807) is 13.3 Å². The minimum atomic E-state index is -2.90. The molecule has 5 heteroatoms. The molecular formula is C13H17NO3S. The van der Waals surface area contributed by atoms with Gasteiger partial charge in [-0.25, -0.2) is 8.42 Å². The molecule has 0 radical (unpaired) electrons. The largest absolute Gasteiger partial charge is 0.497 e. The minimum absolute atomic E-state index is 0.145. The van der Waals surface area contributed by atoms with Crippen molar-refractivity contribution in [1.29, 1.82) is 0 Å². The summed E-state index contributed by atoms with van der Waals surface area (Å²) >= 11 is 0. The number of aliphatic imine (C=N–C) groups is 1. The third-order valence-electron chi connectivity index (χ3n) is 3.12. The molecule has 0 N–H and O–H groups in total. The van der Waals surface area contributed by atoms with Gasteiger partial charge < -0.3 is 4.74 Å². The third kappa shape index (κ3) is 3.10. The van der Waals surface area contributed by atoms with E-state index in [0.717, 1.165) is 11.3 Å². The van der Waals surface area contributed by atoms with E-state index in [-0.39, 0.29) is 11.5 Å².